The van der Waals surface area contributed by atoms with Crippen LogP contribution in [0.4, 0.5) is 0 Å². The third-order valence-electron chi connectivity index (χ3n) is 4.27. The molecule has 0 aliphatic carbocycles. The summed E-state index contributed by atoms with van der Waals surface area (Å²) in [6.07, 6.45) is 8.58. The molecule has 4 heteroatoms. The Morgan fingerprint density at radius 2 is 2.14 bits per heavy atom. The van der Waals surface area contributed by atoms with E-state index >= 15 is 0 Å². The number of likely N-dealkylation sites (tertiary alicyclic amines) is 1. The maximum absolute atomic E-state index is 11.9. The Morgan fingerprint density at radius 3 is 2.81 bits per heavy atom. The van der Waals surface area contributed by atoms with Crippen LogP contribution in [0.15, 0.2) is 24.5 Å². The molecule has 2 rings (SSSR count). The SMILES string of the molecule is CC(C)(CNC(=O)CCCc1cccnc1)N1CCCC1. The molecule has 1 aliphatic heterocycles. The van der Waals surface area contributed by atoms with Gasteiger partial charge in [0.2, 0.25) is 5.91 Å². The van der Waals surface area contributed by atoms with Crippen LogP contribution in [0.3, 0.4) is 0 Å². The Balaban J connectivity index is 1.65. The van der Waals surface area contributed by atoms with E-state index in [4.69, 9.17) is 0 Å². The van der Waals surface area contributed by atoms with Gasteiger partial charge < -0.3 is 5.32 Å². The normalized spacial score (nSPS) is 16.1. The van der Waals surface area contributed by atoms with Gasteiger partial charge in [-0.1, -0.05) is 6.07 Å². The summed E-state index contributed by atoms with van der Waals surface area (Å²) in [5.41, 5.74) is 1.26. The van der Waals surface area contributed by atoms with Crippen molar-refractivity contribution in [1.82, 2.24) is 15.2 Å². The van der Waals surface area contributed by atoms with Crippen LogP contribution in [0, 0.1) is 0 Å². The van der Waals surface area contributed by atoms with Gasteiger partial charge in [-0.2, -0.15) is 0 Å². The van der Waals surface area contributed by atoms with Gasteiger partial charge in [-0.25, -0.2) is 0 Å². The first-order valence-electron chi connectivity index (χ1n) is 7.98. The topological polar surface area (TPSA) is 45.2 Å². The summed E-state index contributed by atoms with van der Waals surface area (Å²) in [4.78, 5) is 18.5. The highest BCUT2D eigenvalue weighted by Crippen LogP contribution is 2.20. The molecule has 116 valence electrons. The molecular weight excluding hydrogens is 262 g/mol. The first-order chi connectivity index (χ1) is 10.1. The van der Waals surface area contributed by atoms with Crippen LogP contribution in [0.5, 0.6) is 0 Å². The molecule has 4 nitrogen and oxygen atoms in total. The van der Waals surface area contributed by atoms with Gasteiger partial charge in [-0.3, -0.25) is 14.7 Å². The predicted octanol–water partition coefficient (Wildman–Crippen LogP) is 2.39. The number of carbonyl (C=O) groups excluding carboxylic acids is 1. The zero-order valence-electron chi connectivity index (χ0n) is 13.3. The van der Waals surface area contributed by atoms with Gasteiger partial charge in [0.05, 0.1) is 0 Å². The van der Waals surface area contributed by atoms with E-state index in [1.54, 1.807) is 6.20 Å². The van der Waals surface area contributed by atoms with Gasteiger partial charge in [-0.05, 0) is 64.3 Å². The number of pyridine rings is 1. The number of aryl methyl sites for hydroxylation is 1. The summed E-state index contributed by atoms with van der Waals surface area (Å²) in [5.74, 6) is 0.158. The molecule has 2 heterocycles. The third-order valence-corrected chi connectivity index (χ3v) is 4.27. The number of nitrogens with zero attached hydrogens (tertiary/aromatic N) is 2. The van der Waals surface area contributed by atoms with Crippen LogP contribution in [-0.2, 0) is 11.2 Å². The molecular formula is C17H27N3O. The summed E-state index contributed by atoms with van der Waals surface area (Å²) < 4.78 is 0. The summed E-state index contributed by atoms with van der Waals surface area (Å²) in [6.45, 7) is 7.48. The second-order valence-corrected chi connectivity index (χ2v) is 6.50. The lowest BCUT2D eigenvalue weighted by Gasteiger charge is -2.35. The quantitative estimate of drug-likeness (QED) is 0.838. The highest BCUT2D eigenvalue weighted by Gasteiger charge is 2.29. The molecule has 1 aromatic heterocycles. The molecule has 0 aromatic carbocycles. The Kier molecular flexibility index (Phi) is 5.74. The maximum atomic E-state index is 11.9. The number of rotatable bonds is 7. The molecule has 0 saturated carbocycles. The van der Waals surface area contributed by atoms with Gasteiger partial charge in [0.15, 0.2) is 0 Å². The highest BCUT2D eigenvalue weighted by molar-refractivity contribution is 5.75. The molecule has 1 N–H and O–H groups in total. The fraction of sp³-hybridized carbons (Fsp3) is 0.647. The molecule has 1 aromatic rings. The van der Waals surface area contributed by atoms with E-state index < -0.39 is 0 Å². The van der Waals surface area contributed by atoms with Gasteiger partial charge in [0.1, 0.15) is 0 Å². The third kappa shape index (κ3) is 5.12. The first kappa shape index (κ1) is 16.0. The van der Waals surface area contributed by atoms with Crippen LogP contribution >= 0.6 is 0 Å². The molecule has 0 spiro atoms. The van der Waals surface area contributed by atoms with E-state index in [1.165, 1.54) is 18.4 Å². The number of carbonyl (C=O) groups is 1. The summed E-state index contributed by atoms with van der Waals surface area (Å²) in [5, 5.41) is 3.09. The van der Waals surface area contributed by atoms with E-state index in [2.05, 4.69) is 35.1 Å². The lowest BCUT2D eigenvalue weighted by Crippen LogP contribution is -2.50. The van der Waals surface area contributed by atoms with E-state index in [9.17, 15) is 4.79 Å². The highest BCUT2D eigenvalue weighted by atomic mass is 16.1. The molecule has 0 atom stereocenters. The Morgan fingerprint density at radius 1 is 1.38 bits per heavy atom. The van der Waals surface area contributed by atoms with E-state index in [1.807, 2.05) is 12.3 Å². The van der Waals surface area contributed by atoms with Crippen molar-refractivity contribution in [2.45, 2.75) is 51.5 Å². The zero-order chi connectivity index (χ0) is 15.1. The summed E-state index contributed by atoms with van der Waals surface area (Å²) in [7, 11) is 0. The van der Waals surface area contributed by atoms with E-state index in [0.717, 1.165) is 32.5 Å². The first-order valence-corrected chi connectivity index (χ1v) is 7.98. The minimum atomic E-state index is 0.0650. The predicted molar refractivity (Wildman–Crippen MR) is 85.1 cm³/mol. The molecule has 21 heavy (non-hydrogen) atoms. The molecule has 1 aliphatic rings. The number of hydrogen-bond acceptors (Lipinski definition) is 3. The molecule has 0 radical (unpaired) electrons. The van der Waals surface area contributed by atoms with Crippen molar-refractivity contribution in [2.24, 2.45) is 0 Å². The number of amides is 1. The average Bonchev–Trinajstić information content (AvgIpc) is 3.01. The minimum absolute atomic E-state index is 0.0650. The lowest BCUT2D eigenvalue weighted by molar-refractivity contribution is -0.121. The largest absolute Gasteiger partial charge is 0.354 e. The standard InChI is InChI=1S/C17H27N3O/c1-17(2,20-11-3-4-12-20)14-19-16(21)9-5-7-15-8-6-10-18-13-15/h6,8,10,13H,3-5,7,9,11-12,14H2,1-2H3,(H,19,21). The van der Waals surface area contributed by atoms with Crippen molar-refractivity contribution in [3.8, 4) is 0 Å². The summed E-state index contributed by atoms with van der Waals surface area (Å²) >= 11 is 0. The van der Waals surface area contributed by atoms with Gasteiger partial charge in [0, 0.05) is 30.9 Å². The second-order valence-electron chi connectivity index (χ2n) is 6.50. The Bertz CT molecular complexity index is 439. The van der Waals surface area contributed by atoms with Crippen LogP contribution in [0.25, 0.3) is 0 Å². The average molecular weight is 289 g/mol. The lowest BCUT2D eigenvalue weighted by atomic mass is 10.0. The fourth-order valence-electron chi connectivity index (χ4n) is 2.84. The van der Waals surface area contributed by atoms with Gasteiger partial charge >= 0.3 is 0 Å². The molecule has 0 bridgehead atoms. The van der Waals surface area contributed by atoms with Crippen molar-refractivity contribution in [3.63, 3.8) is 0 Å². The van der Waals surface area contributed by atoms with Crippen molar-refractivity contribution >= 4 is 5.91 Å². The van der Waals surface area contributed by atoms with Crippen molar-refractivity contribution in [1.29, 1.82) is 0 Å². The Labute approximate surface area is 127 Å². The molecule has 1 fully saturated rings. The van der Waals surface area contributed by atoms with Gasteiger partial charge in [-0.15, -0.1) is 0 Å². The zero-order valence-corrected chi connectivity index (χ0v) is 13.3. The van der Waals surface area contributed by atoms with Crippen molar-refractivity contribution < 1.29 is 4.79 Å². The van der Waals surface area contributed by atoms with Crippen LogP contribution in [-0.4, -0.2) is 41.0 Å². The van der Waals surface area contributed by atoms with Crippen LogP contribution in [0.1, 0.15) is 45.1 Å². The van der Waals surface area contributed by atoms with E-state index in [-0.39, 0.29) is 11.4 Å². The number of nitrogens with one attached hydrogen (secondary N) is 1. The fourth-order valence-corrected chi connectivity index (χ4v) is 2.84. The molecule has 1 saturated heterocycles. The maximum Gasteiger partial charge on any atom is 0.220 e. The van der Waals surface area contributed by atoms with Crippen molar-refractivity contribution in [2.75, 3.05) is 19.6 Å². The molecule has 0 unspecified atom stereocenters. The van der Waals surface area contributed by atoms with Gasteiger partial charge in [0.25, 0.3) is 0 Å². The van der Waals surface area contributed by atoms with Crippen molar-refractivity contribution in [3.05, 3.63) is 30.1 Å². The summed E-state index contributed by atoms with van der Waals surface area (Å²) in [6, 6.07) is 4.00. The Hall–Kier alpha value is -1.42. The van der Waals surface area contributed by atoms with Crippen LogP contribution in [0.2, 0.25) is 0 Å². The number of aromatic nitrogens is 1. The minimum Gasteiger partial charge on any atom is -0.354 e. The monoisotopic (exact) mass is 289 g/mol. The smallest absolute Gasteiger partial charge is 0.220 e. The van der Waals surface area contributed by atoms with E-state index in [0.29, 0.717) is 6.42 Å². The molecule has 1 amide bonds. The second kappa shape index (κ2) is 7.55. The number of hydrogen-bond donors (Lipinski definition) is 1. The van der Waals surface area contributed by atoms with Crippen LogP contribution < -0.4 is 5.32 Å².